The standard InChI is InChI=1S/C17H11BrN2O3S/c18-10-4-6-11(7-5-10)20-24(22,23)15-9-8-14-16-12(15)2-1-3-13(16)17(21)19-14/h1-9,20H,(H,19,21). The van der Waals surface area contributed by atoms with Crippen LogP contribution in [0, 0.1) is 0 Å². The molecule has 0 saturated heterocycles. The van der Waals surface area contributed by atoms with Crippen LogP contribution in [0.4, 0.5) is 11.4 Å². The van der Waals surface area contributed by atoms with Gasteiger partial charge in [0.1, 0.15) is 0 Å². The van der Waals surface area contributed by atoms with Crippen LogP contribution in [-0.2, 0) is 10.0 Å². The van der Waals surface area contributed by atoms with Gasteiger partial charge in [0.15, 0.2) is 0 Å². The maximum Gasteiger partial charge on any atom is 0.262 e. The Kier molecular flexibility index (Phi) is 3.36. The van der Waals surface area contributed by atoms with Crippen LogP contribution < -0.4 is 10.0 Å². The summed E-state index contributed by atoms with van der Waals surface area (Å²) in [6, 6.07) is 15.1. The number of nitrogens with one attached hydrogen (secondary N) is 2. The molecule has 0 unspecified atom stereocenters. The number of carbonyl (C=O) groups is 1. The molecule has 1 heterocycles. The molecule has 5 nitrogen and oxygen atoms in total. The molecule has 0 radical (unpaired) electrons. The molecule has 2 N–H and O–H groups in total. The molecule has 1 aliphatic heterocycles. The molecule has 1 amide bonds. The number of hydrogen-bond acceptors (Lipinski definition) is 3. The third kappa shape index (κ3) is 2.37. The number of amides is 1. The maximum atomic E-state index is 12.8. The fourth-order valence-corrected chi connectivity index (χ4v) is 4.35. The summed E-state index contributed by atoms with van der Waals surface area (Å²) in [6.45, 7) is 0. The summed E-state index contributed by atoms with van der Waals surface area (Å²) in [4.78, 5) is 12.1. The Morgan fingerprint density at radius 1 is 0.958 bits per heavy atom. The number of sulfonamides is 1. The Morgan fingerprint density at radius 2 is 1.71 bits per heavy atom. The van der Waals surface area contributed by atoms with Crippen molar-refractivity contribution in [3.63, 3.8) is 0 Å². The number of anilines is 2. The molecular weight excluding hydrogens is 392 g/mol. The van der Waals surface area contributed by atoms with E-state index in [9.17, 15) is 13.2 Å². The smallest absolute Gasteiger partial charge is 0.262 e. The van der Waals surface area contributed by atoms with Gasteiger partial charge >= 0.3 is 0 Å². The Hall–Kier alpha value is -2.38. The van der Waals surface area contributed by atoms with E-state index in [1.54, 1.807) is 48.5 Å². The highest BCUT2D eigenvalue weighted by Crippen LogP contribution is 2.36. The summed E-state index contributed by atoms with van der Waals surface area (Å²) >= 11 is 3.31. The Bertz CT molecular complexity index is 1090. The van der Waals surface area contributed by atoms with Crippen LogP contribution in [0.25, 0.3) is 10.8 Å². The normalized spacial score (nSPS) is 13.1. The van der Waals surface area contributed by atoms with Crippen molar-refractivity contribution in [1.82, 2.24) is 0 Å². The van der Waals surface area contributed by atoms with Crippen molar-refractivity contribution in [3.05, 3.63) is 64.6 Å². The topological polar surface area (TPSA) is 75.3 Å². The average molecular weight is 403 g/mol. The minimum atomic E-state index is -3.78. The van der Waals surface area contributed by atoms with Crippen LogP contribution in [0.3, 0.4) is 0 Å². The van der Waals surface area contributed by atoms with Crippen LogP contribution in [0.5, 0.6) is 0 Å². The molecule has 0 fully saturated rings. The van der Waals surface area contributed by atoms with E-state index in [4.69, 9.17) is 0 Å². The molecule has 3 aromatic carbocycles. The van der Waals surface area contributed by atoms with Crippen molar-refractivity contribution in [2.24, 2.45) is 0 Å². The average Bonchev–Trinajstić information content (AvgIpc) is 2.88. The molecule has 0 atom stereocenters. The molecule has 7 heteroatoms. The third-order valence-corrected chi connectivity index (χ3v) is 5.85. The van der Waals surface area contributed by atoms with Gasteiger partial charge in [-0.05, 0) is 42.5 Å². The predicted octanol–water partition coefficient (Wildman–Crippen LogP) is 3.97. The highest BCUT2D eigenvalue weighted by Gasteiger charge is 2.26. The SMILES string of the molecule is O=C1Nc2ccc(S(=O)(=O)Nc3ccc(Br)cc3)c3cccc1c23. The maximum absolute atomic E-state index is 12.8. The lowest BCUT2D eigenvalue weighted by Crippen LogP contribution is -2.13. The van der Waals surface area contributed by atoms with E-state index in [-0.39, 0.29) is 10.8 Å². The Morgan fingerprint density at radius 3 is 2.46 bits per heavy atom. The number of halogens is 1. The van der Waals surface area contributed by atoms with Crippen LogP contribution in [0.15, 0.2) is 64.0 Å². The molecule has 24 heavy (non-hydrogen) atoms. The van der Waals surface area contributed by atoms with Gasteiger partial charge in [0, 0.05) is 32.2 Å². The zero-order valence-electron chi connectivity index (χ0n) is 12.2. The Labute approximate surface area is 146 Å². The van der Waals surface area contributed by atoms with Crippen molar-refractivity contribution in [2.45, 2.75) is 4.90 Å². The van der Waals surface area contributed by atoms with Gasteiger partial charge in [-0.25, -0.2) is 8.42 Å². The lowest BCUT2D eigenvalue weighted by atomic mass is 10.1. The van der Waals surface area contributed by atoms with E-state index < -0.39 is 10.0 Å². The highest BCUT2D eigenvalue weighted by atomic mass is 79.9. The quantitative estimate of drug-likeness (QED) is 0.695. The monoisotopic (exact) mass is 402 g/mol. The molecule has 0 bridgehead atoms. The molecule has 3 aromatic rings. The molecule has 0 saturated carbocycles. The Balaban J connectivity index is 1.86. The zero-order valence-corrected chi connectivity index (χ0v) is 14.6. The third-order valence-electron chi connectivity index (χ3n) is 3.88. The molecule has 0 spiro atoms. The van der Waals surface area contributed by atoms with Gasteiger partial charge < -0.3 is 5.32 Å². The van der Waals surface area contributed by atoms with Crippen molar-refractivity contribution in [3.8, 4) is 0 Å². The number of hydrogen-bond donors (Lipinski definition) is 2. The number of benzene rings is 3. The summed E-state index contributed by atoms with van der Waals surface area (Å²) in [5.41, 5.74) is 1.59. The fraction of sp³-hybridized carbons (Fsp3) is 0. The fourth-order valence-electron chi connectivity index (χ4n) is 2.83. The van der Waals surface area contributed by atoms with Gasteiger partial charge in [-0.2, -0.15) is 0 Å². The first-order valence-corrected chi connectivity index (χ1v) is 9.39. The van der Waals surface area contributed by atoms with Crippen LogP contribution >= 0.6 is 15.9 Å². The van der Waals surface area contributed by atoms with Gasteiger partial charge in [-0.3, -0.25) is 9.52 Å². The van der Waals surface area contributed by atoms with E-state index >= 15 is 0 Å². The molecule has 4 rings (SSSR count). The molecule has 0 aromatic heterocycles. The first kappa shape index (κ1) is 15.2. The molecule has 1 aliphatic rings. The predicted molar refractivity (Wildman–Crippen MR) is 96.9 cm³/mol. The second kappa shape index (κ2) is 5.32. The first-order valence-electron chi connectivity index (χ1n) is 7.11. The zero-order chi connectivity index (χ0) is 16.9. The van der Waals surface area contributed by atoms with Gasteiger partial charge in [0.2, 0.25) is 0 Å². The van der Waals surface area contributed by atoms with Crippen molar-refractivity contribution < 1.29 is 13.2 Å². The van der Waals surface area contributed by atoms with Gasteiger partial charge in [-0.1, -0.05) is 28.1 Å². The minimum Gasteiger partial charge on any atom is -0.321 e. The van der Waals surface area contributed by atoms with Gasteiger partial charge in [-0.15, -0.1) is 0 Å². The summed E-state index contributed by atoms with van der Waals surface area (Å²) in [5, 5.41) is 3.91. The van der Waals surface area contributed by atoms with Crippen molar-refractivity contribution in [2.75, 3.05) is 10.0 Å². The van der Waals surface area contributed by atoms with E-state index in [0.29, 0.717) is 27.7 Å². The van der Waals surface area contributed by atoms with Crippen LogP contribution in [0.2, 0.25) is 0 Å². The number of rotatable bonds is 3. The van der Waals surface area contributed by atoms with Crippen LogP contribution in [-0.4, -0.2) is 14.3 Å². The van der Waals surface area contributed by atoms with E-state index in [0.717, 1.165) is 4.47 Å². The molecule has 0 aliphatic carbocycles. The second-order valence-electron chi connectivity index (χ2n) is 5.41. The van der Waals surface area contributed by atoms with E-state index in [2.05, 4.69) is 26.0 Å². The first-order chi connectivity index (χ1) is 11.5. The van der Waals surface area contributed by atoms with E-state index in [1.807, 2.05) is 0 Å². The second-order valence-corrected chi connectivity index (χ2v) is 7.97. The number of carbonyl (C=O) groups excluding carboxylic acids is 1. The van der Waals surface area contributed by atoms with Gasteiger partial charge in [0.05, 0.1) is 4.90 Å². The summed E-state index contributed by atoms with van der Waals surface area (Å²) in [6.07, 6.45) is 0. The van der Waals surface area contributed by atoms with Crippen LogP contribution in [0.1, 0.15) is 10.4 Å². The molecular formula is C17H11BrN2O3S. The summed E-state index contributed by atoms with van der Waals surface area (Å²) in [7, 11) is -3.78. The molecule has 120 valence electrons. The van der Waals surface area contributed by atoms with Gasteiger partial charge in [0.25, 0.3) is 15.9 Å². The summed E-state index contributed by atoms with van der Waals surface area (Å²) in [5.74, 6) is -0.217. The van der Waals surface area contributed by atoms with Crippen molar-refractivity contribution >= 4 is 54.0 Å². The van der Waals surface area contributed by atoms with Crippen molar-refractivity contribution in [1.29, 1.82) is 0 Å². The minimum absolute atomic E-state index is 0.141. The lowest BCUT2D eigenvalue weighted by molar-refractivity contribution is 0.103. The largest absolute Gasteiger partial charge is 0.321 e. The summed E-state index contributed by atoms with van der Waals surface area (Å²) < 4.78 is 29.0. The van der Waals surface area contributed by atoms with E-state index in [1.165, 1.54) is 6.07 Å². The lowest BCUT2D eigenvalue weighted by Gasteiger charge is -2.11. The highest BCUT2D eigenvalue weighted by molar-refractivity contribution is 9.10.